The molecule has 0 aromatic carbocycles. The maximum absolute atomic E-state index is 4.36. The van der Waals surface area contributed by atoms with E-state index in [1.54, 1.807) is 0 Å². The Balaban J connectivity index is 1.84. The van der Waals surface area contributed by atoms with Crippen molar-refractivity contribution in [1.29, 1.82) is 0 Å². The monoisotopic (exact) mass is 219 g/mol. The van der Waals surface area contributed by atoms with Gasteiger partial charge in [-0.05, 0) is 30.9 Å². The van der Waals surface area contributed by atoms with Crippen LogP contribution in [-0.2, 0) is 6.54 Å². The maximum Gasteiger partial charge on any atom is 0.0562 e. The molecule has 0 saturated heterocycles. The van der Waals surface area contributed by atoms with E-state index in [0.29, 0.717) is 5.92 Å². The molecule has 1 aromatic rings. The summed E-state index contributed by atoms with van der Waals surface area (Å²) in [7, 11) is 0. The standard InChI is InChI=1S/C13H21N3/c1-10(2)8-15-12-5-6-14-13(7-12)9-16-11-3-4-11/h5-7,10-11,16H,3-4,8-9H2,1-2H3,(H,14,15). The Morgan fingerprint density at radius 1 is 1.44 bits per heavy atom. The first kappa shape index (κ1) is 11.4. The van der Waals surface area contributed by atoms with Gasteiger partial charge in [0.1, 0.15) is 0 Å². The van der Waals surface area contributed by atoms with E-state index in [2.05, 4.69) is 35.5 Å². The van der Waals surface area contributed by atoms with Gasteiger partial charge < -0.3 is 10.6 Å². The highest BCUT2D eigenvalue weighted by Crippen LogP contribution is 2.19. The molecule has 2 N–H and O–H groups in total. The molecular formula is C13H21N3. The smallest absolute Gasteiger partial charge is 0.0562 e. The number of hydrogen-bond donors (Lipinski definition) is 2. The Morgan fingerprint density at radius 2 is 2.25 bits per heavy atom. The molecule has 2 rings (SSSR count). The summed E-state index contributed by atoms with van der Waals surface area (Å²) in [6, 6.07) is 4.91. The Hall–Kier alpha value is -1.09. The van der Waals surface area contributed by atoms with E-state index in [-0.39, 0.29) is 0 Å². The van der Waals surface area contributed by atoms with Gasteiger partial charge in [0.15, 0.2) is 0 Å². The summed E-state index contributed by atoms with van der Waals surface area (Å²) in [5, 5.41) is 6.89. The maximum atomic E-state index is 4.36. The molecule has 0 atom stereocenters. The highest BCUT2D eigenvalue weighted by atomic mass is 15.0. The van der Waals surface area contributed by atoms with E-state index in [4.69, 9.17) is 0 Å². The van der Waals surface area contributed by atoms with Gasteiger partial charge in [0.25, 0.3) is 0 Å². The van der Waals surface area contributed by atoms with Crippen LogP contribution in [0.25, 0.3) is 0 Å². The molecule has 1 saturated carbocycles. The van der Waals surface area contributed by atoms with Crippen molar-refractivity contribution in [2.75, 3.05) is 11.9 Å². The van der Waals surface area contributed by atoms with E-state index >= 15 is 0 Å². The molecule has 0 bridgehead atoms. The molecule has 1 aliphatic rings. The molecule has 1 fully saturated rings. The van der Waals surface area contributed by atoms with Crippen molar-refractivity contribution in [2.24, 2.45) is 5.92 Å². The first-order chi connectivity index (χ1) is 7.74. The summed E-state index contributed by atoms with van der Waals surface area (Å²) in [4.78, 5) is 4.36. The average molecular weight is 219 g/mol. The SMILES string of the molecule is CC(C)CNc1ccnc(CNC2CC2)c1. The lowest BCUT2D eigenvalue weighted by atomic mass is 10.2. The van der Waals surface area contributed by atoms with Crippen LogP contribution in [0.5, 0.6) is 0 Å². The second-order valence-electron chi connectivity index (χ2n) is 4.97. The van der Waals surface area contributed by atoms with Crippen LogP contribution in [0.3, 0.4) is 0 Å². The fraction of sp³-hybridized carbons (Fsp3) is 0.615. The second kappa shape index (κ2) is 5.30. The van der Waals surface area contributed by atoms with E-state index in [0.717, 1.165) is 24.8 Å². The number of hydrogen-bond acceptors (Lipinski definition) is 3. The predicted octanol–water partition coefficient (Wildman–Crippen LogP) is 2.40. The van der Waals surface area contributed by atoms with Crippen molar-refractivity contribution in [3.8, 4) is 0 Å². The van der Waals surface area contributed by atoms with Crippen LogP contribution in [0, 0.1) is 5.92 Å². The van der Waals surface area contributed by atoms with Crippen LogP contribution in [0.1, 0.15) is 32.4 Å². The van der Waals surface area contributed by atoms with E-state index in [1.807, 2.05) is 12.3 Å². The number of rotatable bonds is 6. The molecule has 0 radical (unpaired) electrons. The highest BCUT2D eigenvalue weighted by molar-refractivity contribution is 5.43. The quantitative estimate of drug-likeness (QED) is 0.771. The van der Waals surface area contributed by atoms with Gasteiger partial charge in [0.2, 0.25) is 0 Å². The van der Waals surface area contributed by atoms with Crippen molar-refractivity contribution < 1.29 is 0 Å². The molecule has 1 aromatic heterocycles. The number of aromatic nitrogens is 1. The third-order valence-corrected chi connectivity index (χ3v) is 2.68. The summed E-state index contributed by atoms with van der Waals surface area (Å²) in [6.45, 7) is 6.33. The third-order valence-electron chi connectivity index (χ3n) is 2.68. The van der Waals surface area contributed by atoms with Crippen LogP contribution in [-0.4, -0.2) is 17.6 Å². The predicted molar refractivity (Wildman–Crippen MR) is 67.4 cm³/mol. The Labute approximate surface area is 97.7 Å². The fourth-order valence-electron chi connectivity index (χ4n) is 1.54. The van der Waals surface area contributed by atoms with Crippen LogP contribution < -0.4 is 10.6 Å². The van der Waals surface area contributed by atoms with Crippen molar-refractivity contribution in [2.45, 2.75) is 39.3 Å². The Kier molecular flexibility index (Phi) is 3.78. The minimum Gasteiger partial charge on any atom is -0.385 e. The summed E-state index contributed by atoms with van der Waals surface area (Å²) in [5.74, 6) is 0.668. The molecule has 16 heavy (non-hydrogen) atoms. The number of nitrogens with one attached hydrogen (secondary N) is 2. The van der Waals surface area contributed by atoms with Gasteiger partial charge in [-0.1, -0.05) is 13.8 Å². The molecule has 0 spiro atoms. The minimum atomic E-state index is 0.668. The zero-order valence-corrected chi connectivity index (χ0v) is 10.2. The van der Waals surface area contributed by atoms with Crippen molar-refractivity contribution >= 4 is 5.69 Å². The van der Waals surface area contributed by atoms with E-state index in [9.17, 15) is 0 Å². The topological polar surface area (TPSA) is 37.0 Å². The van der Waals surface area contributed by atoms with Gasteiger partial charge in [-0.25, -0.2) is 0 Å². The zero-order valence-electron chi connectivity index (χ0n) is 10.2. The molecule has 3 nitrogen and oxygen atoms in total. The van der Waals surface area contributed by atoms with Crippen molar-refractivity contribution in [1.82, 2.24) is 10.3 Å². The summed E-state index contributed by atoms with van der Waals surface area (Å²) >= 11 is 0. The second-order valence-corrected chi connectivity index (χ2v) is 4.97. The normalized spacial score (nSPS) is 15.4. The summed E-state index contributed by atoms with van der Waals surface area (Å²) in [6.07, 6.45) is 4.53. The van der Waals surface area contributed by atoms with E-state index in [1.165, 1.54) is 18.5 Å². The first-order valence-corrected chi connectivity index (χ1v) is 6.16. The van der Waals surface area contributed by atoms with Gasteiger partial charge in [-0.2, -0.15) is 0 Å². The lowest BCUT2D eigenvalue weighted by Gasteiger charge is -2.10. The Bertz CT molecular complexity index is 310. The molecule has 1 aliphatic carbocycles. The average Bonchev–Trinajstić information content (AvgIpc) is 3.08. The van der Waals surface area contributed by atoms with E-state index < -0.39 is 0 Å². The van der Waals surface area contributed by atoms with Gasteiger partial charge in [0.05, 0.1) is 5.69 Å². The number of nitrogens with zero attached hydrogens (tertiary/aromatic N) is 1. The van der Waals surface area contributed by atoms with Gasteiger partial charge in [-0.3, -0.25) is 4.98 Å². The van der Waals surface area contributed by atoms with Crippen molar-refractivity contribution in [3.05, 3.63) is 24.0 Å². The lowest BCUT2D eigenvalue weighted by Crippen LogP contribution is -2.16. The zero-order chi connectivity index (χ0) is 11.4. The third kappa shape index (κ3) is 3.81. The first-order valence-electron chi connectivity index (χ1n) is 6.16. The molecule has 88 valence electrons. The van der Waals surface area contributed by atoms with Crippen LogP contribution >= 0.6 is 0 Å². The molecular weight excluding hydrogens is 198 g/mol. The van der Waals surface area contributed by atoms with Gasteiger partial charge >= 0.3 is 0 Å². The lowest BCUT2D eigenvalue weighted by molar-refractivity contribution is 0.673. The molecule has 0 amide bonds. The molecule has 0 unspecified atom stereocenters. The van der Waals surface area contributed by atoms with Crippen LogP contribution in [0.15, 0.2) is 18.3 Å². The number of anilines is 1. The fourth-order valence-corrected chi connectivity index (χ4v) is 1.54. The Morgan fingerprint density at radius 3 is 2.94 bits per heavy atom. The van der Waals surface area contributed by atoms with Crippen LogP contribution in [0.4, 0.5) is 5.69 Å². The summed E-state index contributed by atoms with van der Waals surface area (Å²) < 4.78 is 0. The molecule has 0 aliphatic heterocycles. The van der Waals surface area contributed by atoms with Crippen LogP contribution in [0.2, 0.25) is 0 Å². The minimum absolute atomic E-state index is 0.668. The highest BCUT2D eigenvalue weighted by Gasteiger charge is 2.20. The largest absolute Gasteiger partial charge is 0.385 e. The molecule has 3 heteroatoms. The van der Waals surface area contributed by atoms with Crippen molar-refractivity contribution in [3.63, 3.8) is 0 Å². The number of pyridine rings is 1. The summed E-state index contributed by atoms with van der Waals surface area (Å²) in [5.41, 5.74) is 2.30. The van der Waals surface area contributed by atoms with Gasteiger partial charge in [0, 0.05) is 31.0 Å². The van der Waals surface area contributed by atoms with Gasteiger partial charge in [-0.15, -0.1) is 0 Å². The molecule has 1 heterocycles.